The summed E-state index contributed by atoms with van der Waals surface area (Å²) in [6.45, 7) is 4.62. The predicted molar refractivity (Wildman–Crippen MR) is 63.9 cm³/mol. The zero-order valence-corrected chi connectivity index (χ0v) is 9.97. The maximum Gasteiger partial charge on any atom is 0.303 e. The van der Waals surface area contributed by atoms with Crippen molar-refractivity contribution in [2.75, 3.05) is 0 Å². The van der Waals surface area contributed by atoms with Crippen molar-refractivity contribution in [3.63, 3.8) is 0 Å². The molecule has 5 heteroatoms. The Morgan fingerprint density at radius 2 is 1.76 bits per heavy atom. The number of aromatic nitrogens is 3. The summed E-state index contributed by atoms with van der Waals surface area (Å²) >= 11 is 0. The molecular weight excluding hydrogens is 218 g/mol. The quantitative estimate of drug-likeness (QED) is 0.875. The zero-order chi connectivity index (χ0) is 12.4. The molecule has 5 nitrogen and oxygen atoms in total. The standard InChI is InChI=1S/C12H15N3O2/c1-8-6-10-11(7-9(8)2)14-15(13-10)5-3-4-12(16)17/h6-7H,3-5H2,1-2H3,(H,16,17). The number of benzene rings is 1. The van der Waals surface area contributed by atoms with Crippen molar-refractivity contribution in [3.8, 4) is 0 Å². The summed E-state index contributed by atoms with van der Waals surface area (Å²) < 4.78 is 0. The summed E-state index contributed by atoms with van der Waals surface area (Å²) in [4.78, 5) is 12.0. The van der Waals surface area contributed by atoms with Gasteiger partial charge in [-0.1, -0.05) is 0 Å². The minimum Gasteiger partial charge on any atom is -0.481 e. The van der Waals surface area contributed by atoms with Gasteiger partial charge in [-0.3, -0.25) is 4.79 Å². The van der Waals surface area contributed by atoms with Gasteiger partial charge in [-0.25, -0.2) is 0 Å². The molecule has 1 aromatic heterocycles. The molecule has 0 fully saturated rings. The van der Waals surface area contributed by atoms with Gasteiger partial charge in [0.25, 0.3) is 0 Å². The molecule has 0 radical (unpaired) electrons. The zero-order valence-electron chi connectivity index (χ0n) is 9.97. The number of nitrogens with zero attached hydrogens (tertiary/aromatic N) is 3. The predicted octanol–water partition coefficient (Wildman–Crippen LogP) is 1.91. The van der Waals surface area contributed by atoms with Crippen molar-refractivity contribution < 1.29 is 9.90 Å². The van der Waals surface area contributed by atoms with Gasteiger partial charge >= 0.3 is 5.97 Å². The van der Waals surface area contributed by atoms with Gasteiger partial charge in [0.15, 0.2) is 0 Å². The average molecular weight is 233 g/mol. The van der Waals surface area contributed by atoms with Crippen LogP contribution in [-0.4, -0.2) is 26.1 Å². The molecule has 0 unspecified atom stereocenters. The van der Waals surface area contributed by atoms with Crippen molar-refractivity contribution >= 4 is 17.0 Å². The second kappa shape index (κ2) is 4.53. The summed E-state index contributed by atoms with van der Waals surface area (Å²) in [7, 11) is 0. The number of aliphatic carboxylic acids is 1. The highest BCUT2D eigenvalue weighted by Crippen LogP contribution is 2.15. The molecule has 0 aliphatic heterocycles. The molecule has 0 saturated heterocycles. The van der Waals surface area contributed by atoms with Crippen molar-refractivity contribution in [2.45, 2.75) is 33.2 Å². The number of hydrogen-bond acceptors (Lipinski definition) is 3. The molecule has 0 amide bonds. The molecule has 90 valence electrons. The summed E-state index contributed by atoms with van der Waals surface area (Å²) in [6.07, 6.45) is 0.699. The summed E-state index contributed by atoms with van der Waals surface area (Å²) in [5, 5.41) is 17.2. The Kier molecular flexibility index (Phi) is 3.08. The first-order valence-electron chi connectivity index (χ1n) is 5.60. The number of carboxylic acids is 1. The van der Waals surface area contributed by atoms with Crippen LogP contribution in [-0.2, 0) is 11.3 Å². The molecule has 2 rings (SSSR count). The minimum absolute atomic E-state index is 0.149. The summed E-state index contributed by atoms with van der Waals surface area (Å²) in [5.41, 5.74) is 4.11. The molecule has 0 aliphatic carbocycles. The number of carbonyl (C=O) groups is 1. The van der Waals surface area contributed by atoms with Crippen LogP contribution in [0, 0.1) is 13.8 Å². The fourth-order valence-electron chi connectivity index (χ4n) is 1.69. The summed E-state index contributed by atoms with van der Waals surface area (Å²) in [6, 6.07) is 4.01. The normalized spacial score (nSPS) is 10.9. The fraction of sp³-hybridized carbons (Fsp3) is 0.417. The van der Waals surface area contributed by atoms with Crippen LogP contribution < -0.4 is 0 Å². The molecule has 1 heterocycles. The Labute approximate surface area is 99.1 Å². The number of rotatable bonds is 4. The highest BCUT2D eigenvalue weighted by Gasteiger charge is 2.05. The van der Waals surface area contributed by atoms with Crippen LogP contribution in [0.5, 0.6) is 0 Å². The van der Waals surface area contributed by atoms with Crippen molar-refractivity contribution in [2.24, 2.45) is 0 Å². The first-order valence-corrected chi connectivity index (χ1v) is 5.60. The Bertz CT molecular complexity index is 521. The van der Waals surface area contributed by atoms with E-state index in [0.717, 1.165) is 11.0 Å². The Balaban J connectivity index is 2.17. The SMILES string of the molecule is Cc1cc2nn(CCCC(=O)O)nc2cc1C. The lowest BCUT2D eigenvalue weighted by atomic mass is 10.1. The van der Waals surface area contributed by atoms with Gasteiger partial charge in [0.05, 0.1) is 6.54 Å². The minimum atomic E-state index is -0.784. The molecule has 0 bridgehead atoms. The third kappa shape index (κ3) is 2.61. The van der Waals surface area contributed by atoms with Crippen molar-refractivity contribution in [1.82, 2.24) is 15.0 Å². The third-order valence-electron chi connectivity index (χ3n) is 2.79. The number of aryl methyl sites for hydroxylation is 3. The molecule has 17 heavy (non-hydrogen) atoms. The molecular formula is C12H15N3O2. The van der Waals surface area contributed by atoms with Crippen LogP contribution >= 0.6 is 0 Å². The van der Waals surface area contributed by atoms with Crippen LogP contribution in [0.25, 0.3) is 11.0 Å². The van der Waals surface area contributed by atoms with Crippen LogP contribution in [0.2, 0.25) is 0 Å². The Morgan fingerprint density at radius 3 is 2.24 bits per heavy atom. The van der Waals surface area contributed by atoms with Crippen molar-refractivity contribution in [1.29, 1.82) is 0 Å². The van der Waals surface area contributed by atoms with Gasteiger partial charge < -0.3 is 5.11 Å². The molecule has 1 N–H and O–H groups in total. The first-order chi connectivity index (χ1) is 8.06. The number of fused-ring (bicyclic) bond motifs is 1. The maximum atomic E-state index is 10.4. The van der Waals surface area contributed by atoms with Crippen LogP contribution in [0.1, 0.15) is 24.0 Å². The van der Waals surface area contributed by atoms with E-state index >= 15 is 0 Å². The van der Waals surface area contributed by atoms with E-state index < -0.39 is 5.97 Å². The lowest BCUT2D eigenvalue weighted by Crippen LogP contribution is -2.04. The smallest absolute Gasteiger partial charge is 0.303 e. The largest absolute Gasteiger partial charge is 0.481 e. The summed E-state index contributed by atoms with van der Waals surface area (Å²) in [5.74, 6) is -0.784. The van der Waals surface area contributed by atoms with Gasteiger partial charge in [-0.15, -0.1) is 0 Å². The van der Waals surface area contributed by atoms with E-state index in [4.69, 9.17) is 5.11 Å². The van der Waals surface area contributed by atoms with E-state index in [2.05, 4.69) is 10.2 Å². The average Bonchev–Trinajstić information content (AvgIpc) is 2.60. The molecule has 0 atom stereocenters. The van der Waals surface area contributed by atoms with Crippen LogP contribution in [0.15, 0.2) is 12.1 Å². The maximum absolute atomic E-state index is 10.4. The Hall–Kier alpha value is -1.91. The van der Waals surface area contributed by atoms with Crippen LogP contribution in [0.3, 0.4) is 0 Å². The number of carboxylic acid groups (broad SMARTS) is 1. The van der Waals surface area contributed by atoms with E-state index in [-0.39, 0.29) is 6.42 Å². The first kappa shape index (κ1) is 11.6. The molecule has 2 aromatic rings. The van der Waals surface area contributed by atoms with Crippen molar-refractivity contribution in [3.05, 3.63) is 23.3 Å². The van der Waals surface area contributed by atoms with Gasteiger partial charge in [-0.2, -0.15) is 15.0 Å². The van der Waals surface area contributed by atoms with Gasteiger partial charge in [0.2, 0.25) is 0 Å². The second-order valence-electron chi connectivity index (χ2n) is 4.22. The van der Waals surface area contributed by atoms with Gasteiger partial charge in [0, 0.05) is 6.42 Å². The number of hydrogen-bond donors (Lipinski definition) is 1. The highest BCUT2D eigenvalue weighted by atomic mass is 16.4. The highest BCUT2D eigenvalue weighted by molar-refractivity contribution is 5.75. The Morgan fingerprint density at radius 1 is 1.24 bits per heavy atom. The van der Waals surface area contributed by atoms with Crippen LogP contribution in [0.4, 0.5) is 0 Å². The topological polar surface area (TPSA) is 68.0 Å². The van der Waals surface area contributed by atoms with E-state index in [0.29, 0.717) is 13.0 Å². The fourth-order valence-corrected chi connectivity index (χ4v) is 1.69. The van der Waals surface area contributed by atoms with E-state index in [1.165, 1.54) is 11.1 Å². The molecule has 0 saturated carbocycles. The molecule has 0 aliphatic rings. The van der Waals surface area contributed by atoms with E-state index in [9.17, 15) is 4.79 Å². The van der Waals surface area contributed by atoms with E-state index in [1.807, 2.05) is 26.0 Å². The second-order valence-corrected chi connectivity index (χ2v) is 4.22. The van der Waals surface area contributed by atoms with E-state index in [1.54, 1.807) is 4.80 Å². The monoisotopic (exact) mass is 233 g/mol. The lowest BCUT2D eigenvalue weighted by Gasteiger charge is -1.95. The van der Waals surface area contributed by atoms with Gasteiger partial charge in [0.1, 0.15) is 11.0 Å². The molecule has 0 spiro atoms. The lowest BCUT2D eigenvalue weighted by molar-refractivity contribution is -0.137. The van der Waals surface area contributed by atoms with Gasteiger partial charge in [-0.05, 0) is 43.5 Å². The third-order valence-corrected chi connectivity index (χ3v) is 2.79. The molecule has 1 aromatic carbocycles.